The number of benzene rings is 1. The van der Waals surface area contributed by atoms with E-state index in [1.54, 1.807) is 29.4 Å². The zero-order valence-electron chi connectivity index (χ0n) is 18.0. The molecule has 1 aromatic carbocycles. The molecule has 166 valence electrons. The summed E-state index contributed by atoms with van der Waals surface area (Å²) in [6, 6.07) is 12.3. The van der Waals surface area contributed by atoms with Crippen LogP contribution in [0.15, 0.2) is 53.1 Å². The van der Waals surface area contributed by atoms with Crippen molar-refractivity contribution in [2.45, 2.75) is 6.92 Å². The standard InChI is InChI=1S/C23H24N4O5/c1-16(28)17-5-7-20(21(14-17)30-2)32-15-23(29)27-11-9-26(10-12-27)22-8-6-18(24-25-22)19-4-3-13-31-19/h3-8,13-14H,9-12,15H2,1-2H3. The predicted molar refractivity (Wildman–Crippen MR) is 117 cm³/mol. The van der Waals surface area contributed by atoms with Crippen LogP contribution in [0.5, 0.6) is 11.5 Å². The van der Waals surface area contributed by atoms with E-state index in [1.165, 1.54) is 14.0 Å². The van der Waals surface area contributed by atoms with Crippen molar-refractivity contribution in [3.63, 3.8) is 0 Å². The lowest BCUT2D eigenvalue weighted by Crippen LogP contribution is -2.50. The lowest BCUT2D eigenvalue weighted by Gasteiger charge is -2.35. The molecule has 0 aliphatic carbocycles. The van der Waals surface area contributed by atoms with Crippen LogP contribution in [-0.2, 0) is 4.79 Å². The lowest BCUT2D eigenvalue weighted by atomic mass is 10.1. The summed E-state index contributed by atoms with van der Waals surface area (Å²) in [7, 11) is 1.50. The van der Waals surface area contributed by atoms with Crippen LogP contribution in [0.1, 0.15) is 17.3 Å². The van der Waals surface area contributed by atoms with Gasteiger partial charge in [0.25, 0.3) is 5.91 Å². The van der Waals surface area contributed by atoms with Crippen molar-refractivity contribution in [1.82, 2.24) is 15.1 Å². The van der Waals surface area contributed by atoms with Gasteiger partial charge in [-0.3, -0.25) is 9.59 Å². The number of nitrogens with zero attached hydrogens (tertiary/aromatic N) is 4. The minimum atomic E-state index is -0.110. The minimum absolute atomic E-state index is 0.0657. The summed E-state index contributed by atoms with van der Waals surface area (Å²) in [5, 5.41) is 8.52. The van der Waals surface area contributed by atoms with Crippen LogP contribution in [-0.4, -0.2) is 66.7 Å². The summed E-state index contributed by atoms with van der Waals surface area (Å²) < 4.78 is 16.3. The molecule has 1 fully saturated rings. The minimum Gasteiger partial charge on any atom is -0.493 e. The summed E-state index contributed by atoms with van der Waals surface area (Å²) >= 11 is 0. The Labute approximate surface area is 185 Å². The van der Waals surface area contributed by atoms with Gasteiger partial charge >= 0.3 is 0 Å². The third-order valence-corrected chi connectivity index (χ3v) is 5.30. The summed E-state index contributed by atoms with van der Waals surface area (Å²) in [5.74, 6) is 2.11. The van der Waals surface area contributed by atoms with Gasteiger partial charge in [0.1, 0.15) is 5.69 Å². The number of amides is 1. The highest BCUT2D eigenvalue weighted by Crippen LogP contribution is 2.28. The SMILES string of the molecule is COc1cc(C(C)=O)ccc1OCC(=O)N1CCN(c2ccc(-c3ccco3)nn2)CC1. The molecule has 32 heavy (non-hydrogen) atoms. The number of Topliss-reactive ketones (excluding diaryl/α,β-unsaturated/α-hetero) is 1. The Kier molecular flexibility index (Phi) is 6.34. The largest absolute Gasteiger partial charge is 0.493 e. The molecule has 0 N–H and O–H groups in total. The molecule has 1 amide bonds. The number of rotatable bonds is 7. The Morgan fingerprint density at radius 1 is 1.03 bits per heavy atom. The summed E-state index contributed by atoms with van der Waals surface area (Å²) in [6.45, 7) is 3.80. The van der Waals surface area contributed by atoms with Gasteiger partial charge in [0.15, 0.2) is 35.5 Å². The highest BCUT2D eigenvalue weighted by molar-refractivity contribution is 5.94. The first-order valence-electron chi connectivity index (χ1n) is 10.3. The van der Waals surface area contributed by atoms with E-state index in [9.17, 15) is 9.59 Å². The number of ketones is 1. The molecular formula is C23H24N4O5. The highest BCUT2D eigenvalue weighted by Gasteiger charge is 2.23. The van der Waals surface area contributed by atoms with Gasteiger partial charge in [-0.05, 0) is 49.4 Å². The number of piperazine rings is 1. The van der Waals surface area contributed by atoms with Gasteiger partial charge < -0.3 is 23.7 Å². The Morgan fingerprint density at radius 2 is 1.84 bits per heavy atom. The zero-order valence-corrected chi connectivity index (χ0v) is 18.0. The van der Waals surface area contributed by atoms with Gasteiger partial charge in [-0.15, -0.1) is 10.2 Å². The number of carbonyl (C=O) groups excluding carboxylic acids is 2. The Bertz CT molecular complexity index is 1070. The predicted octanol–water partition coefficient (Wildman–Crippen LogP) is 2.68. The van der Waals surface area contributed by atoms with E-state index in [1.807, 2.05) is 24.3 Å². The van der Waals surface area contributed by atoms with E-state index in [2.05, 4.69) is 15.1 Å². The number of aromatic nitrogens is 2. The molecule has 0 saturated carbocycles. The van der Waals surface area contributed by atoms with E-state index >= 15 is 0 Å². The normalized spacial score (nSPS) is 13.7. The summed E-state index contributed by atoms with van der Waals surface area (Å²) in [6.07, 6.45) is 1.60. The fraction of sp³-hybridized carbons (Fsp3) is 0.304. The van der Waals surface area contributed by atoms with Crippen molar-refractivity contribution in [2.75, 3.05) is 44.8 Å². The number of hydrogen-bond acceptors (Lipinski definition) is 8. The van der Waals surface area contributed by atoms with Crippen LogP contribution in [0, 0.1) is 0 Å². The second kappa shape index (κ2) is 9.51. The van der Waals surface area contributed by atoms with Crippen molar-refractivity contribution in [3.05, 3.63) is 54.3 Å². The average molecular weight is 436 g/mol. The molecular weight excluding hydrogens is 412 g/mol. The van der Waals surface area contributed by atoms with Gasteiger partial charge in [-0.2, -0.15) is 0 Å². The number of carbonyl (C=O) groups is 2. The van der Waals surface area contributed by atoms with Crippen LogP contribution in [0.3, 0.4) is 0 Å². The van der Waals surface area contributed by atoms with Crippen molar-refractivity contribution < 1.29 is 23.5 Å². The maximum Gasteiger partial charge on any atom is 0.260 e. The van der Waals surface area contributed by atoms with Gasteiger partial charge in [0, 0.05) is 31.7 Å². The second-order valence-corrected chi connectivity index (χ2v) is 7.33. The van der Waals surface area contributed by atoms with E-state index < -0.39 is 0 Å². The molecule has 0 atom stereocenters. The van der Waals surface area contributed by atoms with Crippen LogP contribution < -0.4 is 14.4 Å². The lowest BCUT2D eigenvalue weighted by molar-refractivity contribution is -0.133. The van der Waals surface area contributed by atoms with E-state index in [-0.39, 0.29) is 18.3 Å². The van der Waals surface area contributed by atoms with Crippen molar-refractivity contribution in [1.29, 1.82) is 0 Å². The van der Waals surface area contributed by atoms with E-state index in [0.29, 0.717) is 54.7 Å². The smallest absolute Gasteiger partial charge is 0.260 e. The van der Waals surface area contributed by atoms with Gasteiger partial charge in [-0.25, -0.2) is 0 Å². The van der Waals surface area contributed by atoms with Crippen LogP contribution >= 0.6 is 0 Å². The highest BCUT2D eigenvalue weighted by atomic mass is 16.5. The third kappa shape index (κ3) is 4.72. The van der Waals surface area contributed by atoms with Gasteiger partial charge in [0.2, 0.25) is 0 Å². The molecule has 1 aliphatic heterocycles. The molecule has 2 aromatic heterocycles. The van der Waals surface area contributed by atoms with Crippen LogP contribution in [0.4, 0.5) is 5.82 Å². The Hall–Kier alpha value is -3.88. The van der Waals surface area contributed by atoms with Crippen molar-refractivity contribution >= 4 is 17.5 Å². The molecule has 0 bridgehead atoms. The zero-order chi connectivity index (χ0) is 22.5. The molecule has 0 unspecified atom stereocenters. The Morgan fingerprint density at radius 3 is 2.47 bits per heavy atom. The van der Waals surface area contributed by atoms with Crippen LogP contribution in [0.25, 0.3) is 11.5 Å². The number of methoxy groups -OCH3 is 1. The van der Waals surface area contributed by atoms with Gasteiger partial charge in [-0.1, -0.05) is 0 Å². The van der Waals surface area contributed by atoms with Crippen LogP contribution in [0.2, 0.25) is 0 Å². The molecule has 3 heterocycles. The van der Waals surface area contributed by atoms with Crippen molar-refractivity contribution in [2.24, 2.45) is 0 Å². The number of ether oxygens (including phenoxy) is 2. The first-order chi connectivity index (χ1) is 15.5. The second-order valence-electron chi connectivity index (χ2n) is 7.33. The Balaban J connectivity index is 1.30. The average Bonchev–Trinajstić information content (AvgIpc) is 3.37. The molecule has 1 saturated heterocycles. The maximum absolute atomic E-state index is 12.6. The van der Waals surface area contributed by atoms with Gasteiger partial charge in [0.05, 0.1) is 13.4 Å². The van der Waals surface area contributed by atoms with Crippen molar-refractivity contribution in [3.8, 4) is 23.0 Å². The molecule has 3 aromatic rings. The molecule has 9 heteroatoms. The van der Waals surface area contributed by atoms with E-state index in [0.717, 1.165) is 5.82 Å². The first-order valence-corrected chi connectivity index (χ1v) is 10.3. The fourth-order valence-corrected chi connectivity index (χ4v) is 3.47. The molecule has 9 nitrogen and oxygen atoms in total. The number of furan rings is 1. The number of anilines is 1. The monoisotopic (exact) mass is 436 g/mol. The van der Waals surface area contributed by atoms with E-state index in [4.69, 9.17) is 13.9 Å². The first kappa shape index (κ1) is 21.4. The quantitative estimate of drug-likeness (QED) is 0.522. The maximum atomic E-state index is 12.6. The molecule has 0 spiro atoms. The summed E-state index contributed by atoms with van der Waals surface area (Å²) in [4.78, 5) is 28.0. The third-order valence-electron chi connectivity index (χ3n) is 5.30. The molecule has 4 rings (SSSR count). The fourth-order valence-electron chi connectivity index (χ4n) is 3.47. The molecule has 1 aliphatic rings. The number of hydrogen-bond donors (Lipinski definition) is 0. The topological polar surface area (TPSA) is 98.0 Å². The summed E-state index contributed by atoms with van der Waals surface area (Å²) in [5.41, 5.74) is 1.20. The molecule has 0 radical (unpaired) electrons.